The summed E-state index contributed by atoms with van der Waals surface area (Å²) in [5.41, 5.74) is 0.483. The number of alkyl halides is 3. The molecule has 0 N–H and O–H groups in total. The molecule has 1 aromatic heterocycles. The Hall–Kier alpha value is -3.59. The number of nitrogens with zero attached hydrogens (tertiary/aromatic N) is 2. The van der Waals surface area contributed by atoms with Gasteiger partial charge in [-0.15, -0.1) is 0 Å². The first-order chi connectivity index (χ1) is 16.1. The molecule has 34 heavy (non-hydrogen) atoms. The summed E-state index contributed by atoms with van der Waals surface area (Å²) in [7, 11) is -1.98. The lowest BCUT2D eigenvalue weighted by Gasteiger charge is -2.13. The average Bonchev–Trinajstić information content (AvgIpc) is 3.19. The van der Waals surface area contributed by atoms with Crippen molar-refractivity contribution in [2.24, 2.45) is 0 Å². The van der Waals surface area contributed by atoms with Crippen molar-refractivity contribution in [3.63, 3.8) is 0 Å². The quantitative estimate of drug-likeness (QED) is 0.351. The van der Waals surface area contributed by atoms with Gasteiger partial charge in [0.25, 0.3) is 0 Å². The molecule has 0 fully saturated rings. The van der Waals surface area contributed by atoms with Crippen molar-refractivity contribution in [3.8, 4) is 28.1 Å². The number of hydrogen-bond acceptors (Lipinski definition) is 4. The summed E-state index contributed by atoms with van der Waals surface area (Å²) in [6, 6.07) is 20.7. The minimum Gasteiger partial charge on any atom is -0.497 e. The van der Waals surface area contributed by atoms with Crippen LogP contribution in [0.5, 0.6) is 5.75 Å². The van der Waals surface area contributed by atoms with Crippen LogP contribution in [0.25, 0.3) is 22.4 Å². The Morgan fingerprint density at radius 1 is 0.882 bits per heavy atom. The molecule has 0 aliphatic heterocycles. The van der Waals surface area contributed by atoms with E-state index < -0.39 is 21.7 Å². The van der Waals surface area contributed by atoms with Crippen LogP contribution in [0, 0.1) is 0 Å². The largest absolute Gasteiger partial charge is 0.497 e. The smallest absolute Gasteiger partial charge is 0.433 e. The molecule has 176 valence electrons. The number of benzene rings is 3. The van der Waals surface area contributed by atoms with Gasteiger partial charge in [0.15, 0.2) is 15.5 Å². The Balaban J connectivity index is 1.96. The summed E-state index contributed by atoms with van der Waals surface area (Å²) in [6.07, 6.45) is -3.62. The van der Waals surface area contributed by atoms with Crippen molar-refractivity contribution in [2.75, 3.05) is 13.4 Å². The summed E-state index contributed by atoms with van der Waals surface area (Å²) >= 11 is 0. The second-order valence-corrected chi connectivity index (χ2v) is 9.75. The number of sulfone groups is 1. The molecule has 0 atom stereocenters. The molecule has 9 heteroatoms. The van der Waals surface area contributed by atoms with Crippen LogP contribution in [-0.2, 0) is 22.6 Å². The molecular weight excluding hydrogens is 465 g/mol. The Morgan fingerprint density at radius 2 is 1.47 bits per heavy atom. The second kappa shape index (κ2) is 8.98. The standard InChI is InChI=1S/C25H21F3N2O3S/c1-33-20-12-8-18(9-13-20)22-23(19-10-14-21(15-11-19)34(2,31)32)29-30(24(22)25(26,27)28)16-17-6-4-3-5-7-17/h3-15H,16H2,1-2H3. The zero-order valence-corrected chi connectivity index (χ0v) is 19.2. The Labute approximate surface area is 195 Å². The van der Waals surface area contributed by atoms with Crippen molar-refractivity contribution in [2.45, 2.75) is 17.6 Å². The van der Waals surface area contributed by atoms with Crippen LogP contribution in [0.3, 0.4) is 0 Å². The fourth-order valence-corrected chi connectivity index (χ4v) is 4.34. The van der Waals surface area contributed by atoms with E-state index in [1.165, 1.54) is 31.4 Å². The summed E-state index contributed by atoms with van der Waals surface area (Å²) in [5.74, 6) is 0.507. The van der Waals surface area contributed by atoms with Crippen LogP contribution in [0.1, 0.15) is 11.3 Å². The maximum absolute atomic E-state index is 14.4. The Kier molecular flexibility index (Phi) is 6.22. The first kappa shape index (κ1) is 23.6. The average molecular weight is 487 g/mol. The lowest BCUT2D eigenvalue weighted by molar-refractivity contribution is -0.143. The normalized spacial score (nSPS) is 12.0. The summed E-state index contributed by atoms with van der Waals surface area (Å²) in [5, 5.41) is 4.37. The van der Waals surface area contributed by atoms with Crippen molar-refractivity contribution in [3.05, 3.63) is 90.1 Å². The Morgan fingerprint density at radius 3 is 2.00 bits per heavy atom. The van der Waals surface area contributed by atoms with Gasteiger partial charge < -0.3 is 4.74 Å². The highest BCUT2D eigenvalue weighted by molar-refractivity contribution is 7.90. The molecule has 0 aliphatic rings. The van der Waals surface area contributed by atoms with Gasteiger partial charge in [-0.2, -0.15) is 18.3 Å². The number of hydrogen-bond donors (Lipinski definition) is 0. The number of halogens is 3. The van der Waals surface area contributed by atoms with E-state index in [4.69, 9.17) is 4.74 Å². The van der Waals surface area contributed by atoms with E-state index in [1.807, 2.05) is 0 Å². The van der Waals surface area contributed by atoms with Gasteiger partial charge in [0, 0.05) is 17.4 Å². The first-order valence-electron chi connectivity index (χ1n) is 10.2. The number of methoxy groups -OCH3 is 1. The summed E-state index contributed by atoms with van der Waals surface area (Å²) in [4.78, 5) is 0.0713. The van der Waals surface area contributed by atoms with Crippen LogP contribution in [0.4, 0.5) is 13.2 Å². The molecular formula is C25H21F3N2O3S. The zero-order valence-electron chi connectivity index (χ0n) is 18.4. The molecule has 0 radical (unpaired) electrons. The van der Waals surface area contributed by atoms with Gasteiger partial charge in [0.2, 0.25) is 0 Å². The van der Waals surface area contributed by atoms with Gasteiger partial charge in [0.1, 0.15) is 11.4 Å². The van der Waals surface area contributed by atoms with E-state index in [1.54, 1.807) is 54.6 Å². The third kappa shape index (κ3) is 4.84. The third-order valence-electron chi connectivity index (χ3n) is 5.33. The highest BCUT2D eigenvalue weighted by atomic mass is 32.2. The lowest BCUT2D eigenvalue weighted by Crippen LogP contribution is -2.16. The molecule has 0 bridgehead atoms. The van der Waals surface area contributed by atoms with Crippen LogP contribution < -0.4 is 4.74 Å². The highest BCUT2D eigenvalue weighted by Crippen LogP contribution is 2.43. The molecule has 4 rings (SSSR count). The van der Waals surface area contributed by atoms with E-state index in [-0.39, 0.29) is 22.7 Å². The van der Waals surface area contributed by atoms with Gasteiger partial charge in [-0.3, -0.25) is 4.68 Å². The molecule has 3 aromatic carbocycles. The molecule has 0 spiro atoms. The van der Waals surface area contributed by atoms with Gasteiger partial charge in [-0.1, -0.05) is 54.6 Å². The summed E-state index contributed by atoms with van der Waals surface area (Å²) < 4.78 is 73.1. The zero-order chi connectivity index (χ0) is 24.5. The van der Waals surface area contributed by atoms with Gasteiger partial charge in [-0.05, 0) is 35.4 Å². The molecule has 0 aliphatic carbocycles. The second-order valence-electron chi connectivity index (χ2n) is 7.74. The van der Waals surface area contributed by atoms with E-state index in [9.17, 15) is 21.6 Å². The van der Waals surface area contributed by atoms with Crippen LogP contribution in [0.15, 0.2) is 83.8 Å². The van der Waals surface area contributed by atoms with E-state index in [0.717, 1.165) is 10.9 Å². The molecule has 5 nitrogen and oxygen atoms in total. The lowest BCUT2D eigenvalue weighted by atomic mass is 9.98. The van der Waals surface area contributed by atoms with Gasteiger partial charge in [0.05, 0.1) is 18.6 Å². The predicted octanol–water partition coefficient (Wildman–Crippen LogP) is 5.70. The monoisotopic (exact) mass is 486 g/mol. The maximum atomic E-state index is 14.4. The third-order valence-corrected chi connectivity index (χ3v) is 6.46. The number of aromatic nitrogens is 2. The molecule has 0 amide bonds. The molecule has 0 saturated carbocycles. The van der Waals surface area contributed by atoms with Crippen LogP contribution in [-0.4, -0.2) is 31.6 Å². The van der Waals surface area contributed by atoms with Gasteiger partial charge in [-0.25, -0.2) is 8.42 Å². The van der Waals surface area contributed by atoms with Crippen molar-refractivity contribution in [1.82, 2.24) is 9.78 Å². The predicted molar refractivity (Wildman–Crippen MR) is 123 cm³/mol. The molecule has 0 saturated heterocycles. The molecule has 0 unspecified atom stereocenters. The van der Waals surface area contributed by atoms with E-state index in [0.29, 0.717) is 22.4 Å². The maximum Gasteiger partial charge on any atom is 0.433 e. The minimum atomic E-state index is -4.69. The minimum absolute atomic E-state index is 0.0713. The highest BCUT2D eigenvalue weighted by Gasteiger charge is 2.40. The molecule has 1 heterocycles. The fourth-order valence-electron chi connectivity index (χ4n) is 3.71. The molecule has 4 aromatic rings. The van der Waals surface area contributed by atoms with Gasteiger partial charge >= 0.3 is 6.18 Å². The Bertz CT molecular complexity index is 1400. The first-order valence-corrected chi connectivity index (χ1v) is 12.1. The van der Waals surface area contributed by atoms with Crippen LogP contribution >= 0.6 is 0 Å². The van der Waals surface area contributed by atoms with Crippen molar-refractivity contribution in [1.29, 1.82) is 0 Å². The summed E-state index contributed by atoms with van der Waals surface area (Å²) in [6.45, 7) is -0.0831. The van der Waals surface area contributed by atoms with E-state index >= 15 is 0 Å². The van der Waals surface area contributed by atoms with Crippen molar-refractivity contribution >= 4 is 9.84 Å². The van der Waals surface area contributed by atoms with Crippen molar-refractivity contribution < 1.29 is 26.3 Å². The SMILES string of the molecule is COc1ccc(-c2c(-c3ccc(S(C)(=O)=O)cc3)nn(Cc3ccccc3)c2C(F)(F)F)cc1. The number of rotatable bonds is 6. The van der Waals surface area contributed by atoms with Crippen LogP contribution in [0.2, 0.25) is 0 Å². The topological polar surface area (TPSA) is 61.2 Å². The van der Waals surface area contributed by atoms with E-state index in [2.05, 4.69) is 5.10 Å². The fraction of sp³-hybridized carbons (Fsp3) is 0.160. The number of ether oxygens (including phenoxy) is 1.